The molecule has 81 heavy (non-hydrogen) atoms. The first-order valence-corrected chi connectivity index (χ1v) is 28.6. The topological polar surface area (TPSA) is 279 Å². The molecule has 3 aliphatic heterocycles. The van der Waals surface area contributed by atoms with Crippen LogP contribution in [-0.2, 0) is 63.8 Å². The summed E-state index contributed by atoms with van der Waals surface area (Å²) < 4.78 is 12.0. The highest BCUT2D eigenvalue weighted by Crippen LogP contribution is 2.28. The van der Waals surface area contributed by atoms with Gasteiger partial charge in [-0.05, 0) is 85.8 Å². The number of carbonyl (C=O) groups is 10. The van der Waals surface area contributed by atoms with E-state index >= 15 is 14.4 Å². The molecule has 0 spiro atoms. The molecule has 0 radical (unpaired) electrons. The number of aliphatic hydroxyl groups is 2. The van der Waals surface area contributed by atoms with Gasteiger partial charge < -0.3 is 55.2 Å². The van der Waals surface area contributed by atoms with Crippen molar-refractivity contribution in [3.63, 3.8) is 0 Å². The number of Topliss-reactive ketones (excluding diaryl/α,β-unsaturated/α-hetero) is 1. The zero-order valence-electron chi connectivity index (χ0n) is 49.2. The van der Waals surface area contributed by atoms with Crippen LogP contribution in [0.2, 0.25) is 0 Å². The molecule has 2 aromatic rings. The zero-order valence-corrected chi connectivity index (χ0v) is 49.2. The number of hydrogen-bond donors (Lipinski definition) is 5. The van der Waals surface area contributed by atoms with Crippen molar-refractivity contribution in [2.75, 3.05) is 27.2 Å². The average molecular weight is 1130 g/mol. The molecule has 7 amide bonds. The first-order chi connectivity index (χ1) is 38.2. The lowest BCUT2D eigenvalue weighted by Crippen LogP contribution is -2.62. The fourth-order valence-electron chi connectivity index (χ4n) is 10.9. The molecule has 0 bridgehead atoms. The maximum absolute atomic E-state index is 15.1. The summed E-state index contributed by atoms with van der Waals surface area (Å²) in [5.41, 5.74) is 1.74. The normalized spacial score (nSPS) is 26.0. The highest BCUT2D eigenvalue weighted by molar-refractivity contribution is 6.35. The largest absolute Gasteiger partial charge is 0.458 e. The number of benzene rings is 2. The number of cyclic esters (lactones) is 2. The standard InChI is InChI=1S/C60H87N7O14/c1-13-36(8)49-47(69)32-48(70)81-52(35(6)7)55(74)61-42(29-33(2)3)57(76)67-28-18-22-44(67)59(78)65(12)46(31-39-23-25-41(26-24-39)51(71)40-19-15-14-16-20-40)60(79)80-38(10)50(54(73)62-49)63-53(72)45(30-34(4)5)64(11)58(77)43-21-17-27-66(43)56(75)37(9)68/h14-16,19-20,23-26,33-36,38,42-47,49-52,69,71H,13,17-18,21-22,27-32H2,1-12H3,(H,61,74)(H,62,73)(H,63,72)/t36-,38-,42-,43-,44-,45+,46-,47-,49-,50+,51?,52-/m0/s1. The smallest absolute Gasteiger partial charge is 0.329 e. The van der Waals surface area contributed by atoms with E-state index in [1.165, 1.54) is 40.6 Å². The van der Waals surface area contributed by atoms with Gasteiger partial charge in [-0.1, -0.05) is 116 Å². The molecular formula is C60H87N7O14. The van der Waals surface area contributed by atoms with Gasteiger partial charge in [0.15, 0.2) is 6.10 Å². The molecule has 5 N–H and O–H groups in total. The Balaban J connectivity index is 1.62. The Morgan fingerprint density at radius 1 is 0.815 bits per heavy atom. The number of ketones is 1. The van der Waals surface area contributed by atoms with Gasteiger partial charge in [-0.3, -0.25) is 43.2 Å². The molecule has 0 aromatic heterocycles. The molecule has 3 saturated heterocycles. The van der Waals surface area contributed by atoms with Crippen molar-refractivity contribution in [3.05, 3.63) is 71.3 Å². The molecule has 3 aliphatic rings. The van der Waals surface area contributed by atoms with E-state index in [0.29, 0.717) is 36.0 Å². The Hall–Kier alpha value is -6.74. The second kappa shape index (κ2) is 29.3. The number of esters is 2. The van der Waals surface area contributed by atoms with Crippen molar-refractivity contribution in [2.45, 2.75) is 194 Å². The lowest BCUT2D eigenvalue weighted by atomic mass is 9.92. The number of rotatable bonds is 16. The third-order valence-electron chi connectivity index (χ3n) is 15.8. The number of likely N-dealkylation sites (tertiary alicyclic amines) is 1. The summed E-state index contributed by atoms with van der Waals surface area (Å²) in [6.07, 6.45) is -4.56. The highest BCUT2D eigenvalue weighted by Gasteiger charge is 2.46. The van der Waals surface area contributed by atoms with Crippen molar-refractivity contribution in [1.82, 2.24) is 35.6 Å². The van der Waals surface area contributed by atoms with Crippen molar-refractivity contribution >= 4 is 59.1 Å². The van der Waals surface area contributed by atoms with E-state index in [0.717, 1.165) is 6.92 Å². The number of nitrogens with zero attached hydrogens (tertiary/aromatic N) is 4. The van der Waals surface area contributed by atoms with Crippen molar-refractivity contribution in [2.24, 2.45) is 23.7 Å². The second-order valence-corrected chi connectivity index (χ2v) is 23.4. The monoisotopic (exact) mass is 1130 g/mol. The fourth-order valence-corrected chi connectivity index (χ4v) is 10.9. The number of fused-ring (bicyclic) bond motifs is 1. The van der Waals surface area contributed by atoms with Gasteiger partial charge in [0.1, 0.15) is 48.5 Å². The Bertz CT molecular complexity index is 2560. The Kier molecular flexibility index (Phi) is 23.5. The van der Waals surface area contributed by atoms with Crippen LogP contribution < -0.4 is 16.0 Å². The lowest BCUT2D eigenvalue weighted by molar-refractivity contribution is -0.162. The predicted octanol–water partition coefficient (Wildman–Crippen LogP) is 3.39. The van der Waals surface area contributed by atoms with Crippen LogP contribution in [-0.4, -0.2) is 177 Å². The minimum atomic E-state index is -1.77. The Labute approximate surface area is 476 Å². The van der Waals surface area contributed by atoms with Crippen LogP contribution in [0.25, 0.3) is 0 Å². The Morgan fingerprint density at radius 3 is 2.04 bits per heavy atom. The molecule has 1 unspecified atom stereocenters. The van der Waals surface area contributed by atoms with Gasteiger partial charge in [-0.15, -0.1) is 0 Å². The van der Waals surface area contributed by atoms with E-state index in [4.69, 9.17) is 9.47 Å². The third kappa shape index (κ3) is 16.7. The zero-order chi connectivity index (χ0) is 60.2. The summed E-state index contributed by atoms with van der Waals surface area (Å²) in [5, 5.41) is 31.4. The van der Waals surface area contributed by atoms with Crippen LogP contribution in [0.4, 0.5) is 0 Å². The van der Waals surface area contributed by atoms with Gasteiger partial charge >= 0.3 is 11.9 Å². The molecule has 21 heteroatoms. The number of hydrogen-bond acceptors (Lipinski definition) is 14. The van der Waals surface area contributed by atoms with Crippen molar-refractivity contribution < 1.29 is 67.6 Å². The van der Waals surface area contributed by atoms with Gasteiger partial charge in [0.25, 0.3) is 11.8 Å². The van der Waals surface area contributed by atoms with Gasteiger partial charge in [-0.25, -0.2) is 4.79 Å². The number of aliphatic hydroxyl groups excluding tert-OH is 2. The Morgan fingerprint density at radius 2 is 1.44 bits per heavy atom. The van der Waals surface area contributed by atoms with E-state index in [1.807, 2.05) is 33.8 Å². The van der Waals surface area contributed by atoms with Gasteiger partial charge in [0, 0.05) is 40.5 Å². The summed E-state index contributed by atoms with van der Waals surface area (Å²) in [7, 11) is 2.79. The number of ether oxygens (including phenoxy) is 2. The van der Waals surface area contributed by atoms with E-state index < -0.39 is 144 Å². The van der Waals surface area contributed by atoms with E-state index in [9.17, 15) is 43.8 Å². The van der Waals surface area contributed by atoms with Crippen molar-refractivity contribution in [1.29, 1.82) is 0 Å². The predicted molar refractivity (Wildman–Crippen MR) is 299 cm³/mol. The third-order valence-corrected chi connectivity index (χ3v) is 15.8. The molecule has 21 nitrogen and oxygen atoms in total. The molecule has 0 saturated carbocycles. The minimum Gasteiger partial charge on any atom is -0.458 e. The summed E-state index contributed by atoms with van der Waals surface area (Å²) in [6.45, 7) is 17.0. The maximum atomic E-state index is 15.1. The van der Waals surface area contributed by atoms with Gasteiger partial charge in [0.2, 0.25) is 35.3 Å². The lowest BCUT2D eigenvalue weighted by Gasteiger charge is -2.36. The molecular weight excluding hydrogens is 1040 g/mol. The fraction of sp³-hybridized carbons (Fsp3) is 0.633. The highest BCUT2D eigenvalue weighted by atomic mass is 16.6. The quantitative estimate of drug-likeness (QED) is 0.119. The van der Waals surface area contributed by atoms with E-state index in [2.05, 4.69) is 16.0 Å². The first kappa shape index (κ1) is 65.1. The van der Waals surface area contributed by atoms with E-state index in [-0.39, 0.29) is 57.0 Å². The molecule has 0 aliphatic carbocycles. The second-order valence-electron chi connectivity index (χ2n) is 23.4. The molecule has 12 atom stereocenters. The first-order valence-electron chi connectivity index (χ1n) is 28.6. The minimum absolute atomic E-state index is 0.0602. The molecule has 3 fully saturated rings. The molecule has 5 rings (SSSR count). The molecule has 2 aromatic carbocycles. The summed E-state index contributed by atoms with van der Waals surface area (Å²) in [4.78, 5) is 147. The van der Waals surface area contributed by atoms with Crippen LogP contribution in [0, 0.1) is 23.7 Å². The molecule has 3 heterocycles. The van der Waals surface area contributed by atoms with Crippen LogP contribution >= 0.6 is 0 Å². The maximum Gasteiger partial charge on any atom is 0.329 e. The number of likely N-dealkylation sites (N-methyl/N-ethyl adjacent to an activating group) is 2. The van der Waals surface area contributed by atoms with Crippen LogP contribution in [0.5, 0.6) is 0 Å². The number of amides is 7. The average Bonchev–Trinajstić information content (AvgIpc) is 4.16. The van der Waals surface area contributed by atoms with Crippen LogP contribution in [0.15, 0.2) is 54.6 Å². The van der Waals surface area contributed by atoms with Crippen molar-refractivity contribution in [3.8, 4) is 0 Å². The number of nitrogens with one attached hydrogen (secondary N) is 3. The van der Waals surface area contributed by atoms with Gasteiger partial charge in [0.05, 0.1) is 18.6 Å². The number of carbonyl (C=O) groups excluding carboxylic acids is 10. The summed E-state index contributed by atoms with van der Waals surface area (Å²) >= 11 is 0. The summed E-state index contributed by atoms with van der Waals surface area (Å²) in [6, 6.07) is 6.82. The van der Waals surface area contributed by atoms with E-state index in [1.54, 1.807) is 76.2 Å². The SMILES string of the molecule is CC[C@H](C)[C@@H]1NC(=O)[C@H](NC(=O)[C@@H](CC(C)C)N(C)C(=O)[C@@H]2CCCN2C(=O)C(C)=O)[C@H](C)OC(=O)[C@H](Cc2ccc(C(O)c3ccccc3)cc2)N(C)C(=O)[C@@H]2CCCN2C(=O)[C@H](CC(C)C)NC(=O)[C@H](C(C)C)OC(=O)C[C@@H]1O. The molecule has 446 valence electrons. The van der Waals surface area contributed by atoms with Crippen LogP contribution in [0.1, 0.15) is 143 Å². The van der Waals surface area contributed by atoms with Crippen LogP contribution in [0.3, 0.4) is 0 Å². The van der Waals surface area contributed by atoms with Gasteiger partial charge in [-0.2, -0.15) is 0 Å². The summed E-state index contributed by atoms with van der Waals surface area (Å²) in [5.74, 6) is -9.42.